The summed E-state index contributed by atoms with van der Waals surface area (Å²) in [6.45, 7) is 3.67. The highest BCUT2D eigenvalue weighted by Gasteiger charge is 2.13. The summed E-state index contributed by atoms with van der Waals surface area (Å²) in [5, 5.41) is 6.77. The minimum atomic E-state index is 0.363. The largest absolute Gasteiger partial charge is 0.382 e. The number of nitrogens with zero attached hydrogens (tertiary/aromatic N) is 1. The van der Waals surface area contributed by atoms with Gasteiger partial charge in [0.25, 0.3) is 0 Å². The number of methoxy groups -OCH3 is 1. The van der Waals surface area contributed by atoms with Crippen LogP contribution in [-0.2, 0) is 9.47 Å². The maximum Gasteiger partial charge on any atom is 0.190 e. The molecule has 2 rings (SSSR count). The fourth-order valence-corrected chi connectivity index (χ4v) is 3.08. The second-order valence-corrected chi connectivity index (χ2v) is 6.55. The number of guanidine groups is 1. The quantitative estimate of drug-likeness (QED) is 0.335. The van der Waals surface area contributed by atoms with Crippen molar-refractivity contribution in [3.8, 4) is 0 Å². The lowest BCUT2D eigenvalue weighted by Gasteiger charge is -2.19. The van der Waals surface area contributed by atoms with Crippen LogP contribution in [0.1, 0.15) is 29.9 Å². The summed E-state index contributed by atoms with van der Waals surface area (Å²) in [6.07, 6.45) is 1.93. The number of hydrogen-bond acceptors (Lipinski definition) is 3. The molecular weight excluding hydrogens is 350 g/mol. The molecule has 0 spiro atoms. The Kier molecular flexibility index (Phi) is 10.8. The van der Waals surface area contributed by atoms with E-state index in [1.54, 1.807) is 14.2 Å². The average molecular weight is 384 g/mol. The van der Waals surface area contributed by atoms with Crippen molar-refractivity contribution in [2.45, 2.75) is 18.8 Å². The molecule has 2 aromatic carbocycles. The van der Waals surface area contributed by atoms with Gasteiger partial charge in [0, 0.05) is 39.8 Å². The summed E-state index contributed by atoms with van der Waals surface area (Å²) < 4.78 is 10.4. The van der Waals surface area contributed by atoms with Crippen LogP contribution >= 0.6 is 0 Å². The number of nitrogens with one attached hydrogen (secondary N) is 2. The van der Waals surface area contributed by atoms with Crippen LogP contribution < -0.4 is 10.6 Å². The van der Waals surface area contributed by atoms with Crippen LogP contribution in [0, 0.1) is 0 Å². The molecule has 28 heavy (non-hydrogen) atoms. The van der Waals surface area contributed by atoms with E-state index in [1.165, 1.54) is 11.1 Å². The summed E-state index contributed by atoms with van der Waals surface area (Å²) in [4.78, 5) is 4.31. The SMILES string of the molecule is CN=C(NCCCOCCOC)NCCC(c1ccccc1)c1ccccc1. The zero-order valence-corrected chi connectivity index (χ0v) is 17.1. The van der Waals surface area contributed by atoms with E-state index in [9.17, 15) is 0 Å². The first kappa shape index (κ1) is 21.9. The van der Waals surface area contributed by atoms with Gasteiger partial charge < -0.3 is 20.1 Å². The molecule has 0 saturated heterocycles. The van der Waals surface area contributed by atoms with Gasteiger partial charge in [-0.25, -0.2) is 0 Å². The predicted octanol–water partition coefficient (Wildman–Crippen LogP) is 3.43. The highest BCUT2D eigenvalue weighted by Crippen LogP contribution is 2.27. The standard InChI is InChI=1S/C23H33N3O2/c1-24-23(25-15-9-17-28-19-18-27-2)26-16-14-22(20-10-5-3-6-11-20)21-12-7-4-8-13-21/h3-8,10-13,22H,9,14-19H2,1-2H3,(H2,24,25,26). The fourth-order valence-electron chi connectivity index (χ4n) is 3.08. The van der Waals surface area contributed by atoms with Crippen molar-refractivity contribution in [3.63, 3.8) is 0 Å². The van der Waals surface area contributed by atoms with Crippen LogP contribution in [0.4, 0.5) is 0 Å². The molecule has 2 aromatic rings. The molecule has 0 radical (unpaired) electrons. The van der Waals surface area contributed by atoms with Crippen molar-refractivity contribution in [2.75, 3.05) is 47.1 Å². The van der Waals surface area contributed by atoms with Crippen LogP contribution in [0.25, 0.3) is 0 Å². The third-order valence-electron chi connectivity index (χ3n) is 4.54. The Morgan fingerprint density at radius 1 is 0.857 bits per heavy atom. The Bertz CT molecular complexity index is 623. The molecule has 0 unspecified atom stereocenters. The van der Waals surface area contributed by atoms with Gasteiger partial charge in [-0.3, -0.25) is 4.99 Å². The maximum atomic E-state index is 5.47. The van der Waals surface area contributed by atoms with Gasteiger partial charge >= 0.3 is 0 Å². The van der Waals surface area contributed by atoms with Gasteiger partial charge in [0.1, 0.15) is 0 Å². The Morgan fingerprint density at radius 3 is 2.04 bits per heavy atom. The van der Waals surface area contributed by atoms with E-state index in [4.69, 9.17) is 9.47 Å². The van der Waals surface area contributed by atoms with E-state index in [-0.39, 0.29) is 0 Å². The first-order chi connectivity index (χ1) is 13.8. The van der Waals surface area contributed by atoms with Crippen molar-refractivity contribution in [1.82, 2.24) is 10.6 Å². The van der Waals surface area contributed by atoms with Crippen LogP contribution in [0.3, 0.4) is 0 Å². The number of aliphatic imine (C=N–C) groups is 1. The van der Waals surface area contributed by atoms with Gasteiger partial charge in [0.05, 0.1) is 13.2 Å². The summed E-state index contributed by atoms with van der Waals surface area (Å²) >= 11 is 0. The minimum absolute atomic E-state index is 0.363. The Labute approximate surface area is 169 Å². The predicted molar refractivity (Wildman–Crippen MR) is 116 cm³/mol. The van der Waals surface area contributed by atoms with Crippen LogP contribution in [-0.4, -0.2) is 53.0 Å². The lowest BCUT2D eigenvalue weighted by Crippen LogP contribution is -2.38. The molecule has 0 heterocycles. The van der Waals surface area contributed by atoms with E-state index < -0.39 is 0 Å². The molecule has 0 aliphatic rings. The average Bonchev–Trinajstić information content (AvgIpc) is 2.76. The Balaban J connectivity index is 1.78. The van der Waals surface area contributed by atoms with Gasteiger partial charge in [-0.05, 0) is 24.0 Å². The van der Waals surface area contributed by atoms with Gasteiger partial charge in [-0.2, -0.15) is 0 Å². The lowest BCUT2D eigenvalue weighted by molar-refractivity contribution is 0.0698. The van der Waals surface area contributed by atoms with Crippen LogP contribution in [0.5, 0.6) is 0 Å². The van der Waals surface area contributed by atoms with E-state index in [2.05, 4.69) is 76.3 Å². The second kappa shape index (κ2) is 13.7. The normalized spacial score (nSPS) is 11.6. The highest BCUT2D eigenvalue weighted by molar-refractivity contribution is 5.79. The molecule has 5 heteroatoms. The topological polar surface area (TPSA) is 54.9 Å². The van der Waals surface area contributed by atoms with Crippen LogP contribution in [0.15, 0.2) is 65.7 Å². The van der Waals surface area contributed by atoms with E-state index in [0.717, 1.165) is 38.5 Å². The molecule has 2 N–H and O–H groups in total. The van der Waals surface area contributed by atoms with Crippen molar-refractivity contribution >= 4 is 5.96 Å². The summed E-state index contributed by atoms with van der Waals surface area (Å²) in [5.41, 5.74) is 2.68. The lowest BCUT2D eigenvalue weighted by atomic mass is 9.88. The summed E-state index contributed by atoms with van der Waals surface area (Å²) in [7, 11) is 3.48. The van der Waals surface area contributed by atoms with Crippen molar-refractivity contribution < 1.29 is 9.47 Å². The maximum absolute atomic E-state index is 5.47. The zero-order valence-electron chi connectivity index (χ0n) is 17.1. The van der Waals surface area contributed by atoms with Gasteiger partial charge in [-0.1, -0.05) is 60.7 Å². The zero-order chi connectivity index (χ0) is 19.9. The Morgan fingerprint density at radius 2 is 1.46 bits per heavy atom. The minimum Gasteiger partial charge on any atom is -0.382 e. The van der Waals surface area contributed by atoms with Gasteiger partial charge in [0.15, 0.2) is 5.96 Å². The molecule has 0 saturated carbocycles. The first-order valence-corrected chi connectivity index (χ1v) is 9.96. The van der Waals surface area contributed by atoms with Crippen LogP contribution in [0.2, 0.25) is 0 Å². The van der Waals surface area contributed by atoms with E-state index >= 15 is 0 Å². The van der Waals surface area contributed by atoms with Crippen molar-refractivity contribution in [2.24, 2.45) is 4.99 Å². The summed E-state index contributed by atoms with van der Waals surface area (Å²) in [6, 6.07) is 21.4. The molecule has 0 aliphatic heterocycles. The van der Waals surface area contributed by atoms with E-state index in [1.807, 2.05) is 0 Å². The van der Waals surface area contributed by atoms with Gasteiger partial charge in [0.2, 0.25) is 0 Å². The summed E-state index contributed by atoms with van der Waals surface area (Å²) in [5.74, 6) is 1.19. The third kappa shape index (κ3) is 8.11. The molecule has 0 aromatic heterocycles. The fraction of sp³-hybridized carbons (Fsp3) is 0.435. The molecule has 0 amide bonds. The molecule has 0 aliphatic carbocycles. The highest BCUT2D eigenvalue weighted by atomic mass is 16.5. The molecule has 0 bridgehead atoms. The molecule has 5 nitrogen and oxygen atoms in total. The number of ether oxygens (including phenoxy) is 2. The number of rotatable bonds is 12. The number of benzene rings is 2. The monoisotopic (exact) mass is 383 g/mol. The number of hydrogen-bond donors (Lipinski definition) is 2. The first-order valence-electron chi connectivity index (χ1n) is 9.96. The van der Waals surface area contributed by atoms with Crippen molar-refractivity contribution in [1.29, 1.82) is 0 Å². The molecule has 152 valence electrons. The second-order valence-electron chi connectivity index (χ2n) is 6.55. The van der Waals surface area contributed by atoms with Gasteiger partial charge in [-0.15, -0.1) is 0 Å². The smallest absolute Gasteiger partial charge is 0.190 e. The third-order valence-corrected chi connectivity index (χ3v) is 4.54. The molecule has 0 atom stereocenters. The molecular formula is C23H33N3O2. The molecule has 0 fully saturated rings. The Hall–Kier alpha value is -2.37. The van der Waals surface area contributed by atoms with Crippen molar-refractivity contribution in [3.05, 3.63) is 71.8 Å². The van der Waals surface area contributed by atoms with E-state index in [0.29, 0.717) is 19.1 Å².